The lowest BCUT2D eigenvalue weighted by Crippen LogP contribution is -2.25. The van der Waals surface area contributed by atoms with E-state index in [-0.39, 0.29) is 0 Å². The number of hydrogen-bond donors (Lipinski definition) is 1. The van der Waals surface area contributed by atoms with Crippen molar-refractivity contribution in [3.8, 4) is 0 Å². The zero-order valence-electron chi connectivity index (χ0n) is 7.64. The first kappa shape index (κ1) is 10.8. The van der Waals surface area contributed by atoms with Gasteiger partial charge >= 0.3 is 0 Å². The average molecular weight is 219 g/mol. The quantitative estimate of drug-likeness (QED) is 0.611. The Balaban J connectivity index is 3.06. The lowest BCUT2D eigenvalue weighted by molar-refractivity contribution is 0.341. The fourth-order valence-electron chi connectivity index (χ4n) is 1.18. The average Bonchev–Trinajstić information content (AvgIpc) is 1.96. The Bertz CT molecular complexity index is 287. The Labute approximate surface area is 88.2 Å². The van der Waals surface area contributed by atoms with Gasteiger partial charge in [-0.1, -0.05) is 23.2 Å². The third kappa shape index (κ3) is 2.85. The van der Waals surface area contributed by atoms with Gasteiger partial charge in [0.15, 0.2) is 0 Å². The Morgan fingerprint density at radius 3 is 2.46 bits per heavy atom. The second-order valence-electron chi connectivity index (χ2n) is 3.10. The lowest BCUT2D eigenvalue weighted by atomic mass is 10.1. The van der Waals surface area contributed by atoms with E-state index in [4.69, 9.17) is 29.0 Å². The highest BCUT2D eigenvalue weighted by atomic mass is 35.5. The summed E-state index contributed by atoms with van der Waals surface area (Å²) in [5, 5.41) is 2.91. The van der Waals surface area contributed by atoms with Crippen molar-refractivity contribution in [2.45, 2.75) is 13.5 Å². The number of hydrogen-bond acceptors (Lipinski definition) is 2. The lowest BCUT2D eigenvalue weighted by Gasteiger charge is -2.13. The van der Waals surface area contributed by atoms with Gasteiger partial charge in [-0.05, 0) is 30.2 Å². The first-order valence-electron chi connectivity index (χ1n) is 3.91. The van der Waals surface area contributed by atoms with E-state index in [9.17, 15) is 0 Å². The molecule has 0 atom stereocenters. The number of halogens is 2. The zero-order chi connectivity index (χ0) is 10.0. The van der Waals surface area contributed by atoms with Crippen molar-refractivity contribution in [2.75, 3.05) is 7.05 Å². The number of aryl methyl sites for hydroxylation is 1. The van der Waals surface area contributed by atoms with Crippen LogP contribution in [0.4, 0.5) is 0 Å². The monoisotopic (exact) mass is 218 g/mol. The normalized spacial score (nSPS) is 10.9. The summed E-state index contributed by atoms with van der Waals surface area (Å²) < 4.78 is 0. The van der Waals surface area contributed by atoms with Gasteiger partial charge in [-0.3, -0.25) is 5.84 Å². The molecule has 13 heavy (non-hydrogen) atoms. The van der Waals surface area contributed by atoms with E-state index >= 15 is 0 Å². The van der Waals surface area contributed by atoms with E-state index in [1.165, 1.54) is 0 Å². The van der Waals surface area contributed by atoms with Gasteiger partial charge in [-0.25, -0.2) is 5.01 Å². The van der Waals surface area contributed by atoms with E-state index < -0.39 is 0 Å². The van der Waals surface area contributed by atoms with E-state index in [1.54, 1.807) is 18.1 Å². The predicted octanol–water partition coefficient (Wildman–Crippen LogP) is 2.61. The first-order valence-corrected chi connectivity index (χ1v) is 4.66. The molecule has 0 aliphatic rings. The van der Waals surface area contributed by atoms with Crippen LogP contribution in [0.2, 0.25) is 10.0 Å². The molecule has 1 aromatic rings. The van der Waals surface area contributed by atoms with E-state index in [0.29, 0.717) is 16.6 Å². The molecule has 0 aliphatic heterocycles. The standard InChI is InChI=1S/C9H12Cl2N2/c1-6-3-7(10)4-9(11)8(6)5-13(2)12/h3-4H,5,12H2,1-2H3. The van der Waals surface area contributed by atoms with E-state index in [0.717, 1.165) is 11.1 Å². The van der Waals surface area contributed by atoms with Crippen LogP contribution in [0.3, 0.4) is 0 Å². The molecule has 0 aromatic heterocycles. The van der Waals surface area contributed by atoms with Crippen LogP contribution in [0.15, 0.2) is 12.1 Å². The highest BCUT2D eigenvalue weighted by Gasteiger charge is 2.06. The molecule has 2 N–H and O–H groups in total. The van der Waals surface area contributed by atoms with Crippen LogP contribution in [0.1, 0.15) is 11.1 Å². The van der Waals surface area contributed by atoms with Crippen molar-refractivity contribution >= 4 is 23.2 Å². The molecule has 2 nitrogen and oxygen atoms in total. The highest BCUT2D eigenvalue weighted by molar-refractivity contribution is 6.35. The highest BCUT2D eigenvalue weighted by Crippen LogP contribution is 2.25. The van der Waals surface area contributed by atoms with Crippen LogP contribution in [0, 0.1) is 6.92 Å². The van der Waals surface area contributed by atoms with Gasteiger partial charge in [0.1, 0.15) is 0 Å². The number of hydrazine groups is 1. The molecule has 0 aliphatic carbocycles. The predicted molar refractivity (Wildman–Crippen MR) is 56.9 cm³/mol. The molecule has 1 aromatic carbocycles. The number of benzene rings is 1. The fraction of sp³-hybridized carbons (Fsp3) is 0.333. The molecule has 0 unspecified atom stereocenters. The van der Waals surface area contributed by atoms with Crippen molar-refractivity contribution in [3.63, 3.8) is 0 Å². The Hall–Kier alpha value is -0.280. The largest absolute Gasteiger partial charge is 0.269 e. The van der Waals surface area contributed by atoms with Crippen molar-refractivity contribution in [2.24, 2.45) is 5.84 Å². The molecule has 0 bridgehead atoms. The van der Waals surface area contributed by atoms with Crippen molar-refractivity contribution in [1.29, 1.82) is 0 Å². The fourth-order valence-corrected chi connectivity index (χ4v) is 1.84. The SMILES string of the molecule is Cc1cc(Cl)cc(Cl)c1CN(C)N. The van der Waals surface area contributed by atoms with Crippen LogP contribution in [0.5, 0.6) is 0 Å². The summed E-state index contributed by atoms with van der Waals surface area (Å²) in [5.74, 6) is 5.54. The molecule has 0 heterocycles. The maximum absolute atomic E-state index is 6.01. The number of nitrogens with two attached hydrogens (primary N) is 1. The Kier molecular flexibility index (Phi) is 3.56. The minimum Gasteiger partial charge on any atom is -0.269 e. The minimum atomic E-state index is 0.627. The summed E-state index contributed by atoms with van der Waals surface area (Å²) in [7, 11) is 1.80. The van der Waals surface area contributed by atoms with Crippen molar-refractivity contribution in [1.82, 2.24) is 5.01 Å². The molecule has 0 amide bonds. The molecule has 1 rings (SSSR count). The molecule has 0 saturated carbocycles. The second-order valence-corrected chi connectivity index (χ2v) is 3.94. The van der Waals surface area contributed by atoms with Gasteiger partial charge in [0.25, 0.3) is 0 Å². The summed E-state index contributed by atoms with van der Waals surface area (Å²) in [5.41, 5.74) is 2.09. The smallest absolute Gasteiger partial charge is 0.0469 e. The van der Waals surface area contributed by atoms with Gasteiger partial charge in [-0.15, -0.1) is 0 Å². The molecule has 0 radical (unpaired) electrons. The number of rotatable bonds is 2. The maximum Gasteiger partial charge on any atom is 0.0469 e. The molecular weight excluding hydrogens is 207 g/mol. The Morgan fingerprint density at radius 1 is 1.38 bits per heavy atom. The van der Waals surface area contributed by atoms with Crippen LogP contribution < -0.4 is 5.84 Å². The minimum absolute atomic E-state index is 0.627. The Morgan fingerprint density at radius 2 is 2.00 bits per heavy atom. The summed E-state index contributed by atoms with van der Waals surface area (Å²) >= 11 is 11.8. The van der Waals surface area contributed by atoms with E-state index in [2.05, 4.69) is 0 Å². The van der Waals surface area contributed by atoms with Gasteiger partial charge in [-0.2, -0.15) is 0 Å². The van der Waals surface area contributed by atoms with Gasteiger partial charge in [0.05, 0.1) is 0 Å². The van der Waals surface area contributed by atoms with Gasteiger partial charge in [0, 0.05) is 23.6 Å². The molecule has 0 spiro atoms. The molecule has 72 valence electrons. The molecule has 4 heteroatoms. The molecule has 0 saturated heterocycles. The van der Waals surface area contributed by atoms with Crippen LogP contribution in [-0.4, -0.2) is 12.1 Å². The molecule has 0 fully saturated rings. The third-order valence-corrected chi connectivity index (χ3v) is 2.35. The van der Waals surface area contributed by atoms with Crippen LogP contribution in [-0.2, 0) is 6.54 Å². The van der Waals surface area contributed by atoms with E-state index in [1.807, 2.05) is 13.0 Å². The van der Waals surface area contributed by atoms with Gasteiger partial charge < -0.3 is 0 Å². The second kappa shape index (κ2) is 4.29. The summed E-state index contributed by atoms with van der Waals surface area (Å²) in [6.45, 7) is 2.60. The summed E-state index contributed by atoms with van der Waals surface area (Å²) in [6.07, 6.45) is 0. The first-order chi connectivity index (χ1) is 6.00. The van der Waals surface area contributed by atoms with Crippen molar-refractivity contribution in [3.05, 3.63) is 33.3 Å². The number of nitrogens with zero attached hydrogens (tertiary/aromatic N) is 1. The zero-order valence-corrected chi connectivity index (χ0v) is 9.15. The molecular formula is C9H12Cl2N2. The van der Waals surface area contributed by atoms with Gasteiger partial charge in [0.2, 0.25) is 0 Å². The summed E-state index contributed by atoms with van der Waals surface area (Å²) in [6, 6.07) is 3.61. The van der Waals surface area contributed by atoms with Crippen LogP contribution in [0.25, 0.3) is 0 Å². The van der Waals surface area contributed by atoms with Crippen LogP contribution >= 0.6 is 23.2 Å². The third-order valence-electron chi connectivity index (χ3n) is 1.79. The summed E-state index contributed by atoms with van der Waals surface area (Å²) in [4.78, 5) is 0. The van der Waals surface area contributed by atoms with Crippen molar-refractivity contribution < 1.29 is 0 Å². The topological polar surface area (TPSA) is 29.3 Å². The maximum atomic E-state index is 6.01.